The van der Waals surface area contributed by atoms with Gasteiger partial charge in [0.1, 0.15) is 33.5 Å². The van der Waals surface area contributed by atoms with E-state index in [0.717, 1.165) is 88.1 Å². The molecule has 3 heteroatoms. The molecular weight excluding hydrogens is 1230 g/mol. The molecule has 0 atom stereocenters. The first kappa shape index (κ1) is 57.9. The zero-order chi connectivity index (χ0) is 66.5. The number of para-hydroxylation sites is 3. The first-order valence-corrected chi connectivity index (χ1v) is 34.6. The summed E-state index contributed by atoms with van der Waals surface area (Å²) in [5, 5.41) is 19.2. The van der Waals surface area contributed by atoms with Crippen LogP contribution >= 0.6 is 0 Å². The normalized spacial score (nSPS) is 11.8. The molecule has 21 aromatic rings. The van der Waals surface area contributed by atoms with Crippen molar-refractivity contribution in [3.05, 3.63) is 364 Å². The van der Waals surface area contributed by atoms with Crippen molar-refractivity contribution < 1.29 is 13.3 Å². The van der Waals surface area contributed by atoms with E-state index in [9.17, 15) is 0 Å². The molecule has 0 spiro atoms. The number of rotatable bonds is 8. The summed E-state index contributed by atoms with van der Waals surface area (Å²) in [6.07, 6.45) is 0. The van der Waals surface area contributed by atoms with Crippen molar-refractivity contribution in [1.29, 1.82) is 0 Å². The maximum atomic E-state index is 6.45. The van der Waals surface area contributed by atoms with Crippen molar-refractivity contribution >= 4 is 120 Å². The van der Waals surface area contributed by atoms with Gasteiger partial charge in [-0.1, -0.05) is 303 Å². The Hall–Kier alpha value is -13.3. The predicted molar refractivity (Wildman–Crippen MR) is 426 cm³/mol. The lowest BCUT2D eigenvalue weighted by atomic mass is 9.84. The number of fused-ring (bicyclic) bond motifs is 14. The molecule has 18 aromatic carbocycles. The topological polar surface area (TPSA) is 39.4 Å². The first-order valence-electron chi connectivity index (χ1n) is 34.6. The predicted octanol–water partition coefficient (Wildman–Crippen LogP) is 28.2. The number of benzene rings is 18. The van der Waals surface area contributed by atoms with Gasteiger partial charge >= 0.3 is 0 Å². The average Bonchev–Trinajstić information content (AvgIpc) is 1.68. The lowest BCUT2D eigenvalue weighted by Crippen LogP contribution is -1.92. The van der Waals surface area contributed by atoms with Gasteiger partial charge in [-0.15, -0.1) is 0 Å². The Labute approximate surface area is 582 Å². The van der Waals surface area contributed by atoms with E-state index in [2.05, 4.69) is 340 Å². The molecule has 0 saturated heterocycles. The van der Waals surface area contributed by atoms with E-state index in [1.807, 2.05) is 24.3 Å². The number of hydrogen-bond donors (Lipinski definition) is 0. The summed E-state index contributed by atoms with van der Waals surface area (Å²) in [5.74, 6) is 0. The highest BCUT2D eigenvalue weighted by Crippen LogP contribution is 2.51. The molecule has 0 amide bonds. The van der Waals surface area contributed by atoms with E-state index in [1.54, 1.807) is 0 Å². The van der Waals surface area contributed by atoms with Gasteiger partial charge in [-0.2, -0.15) is 0 Å². The Morgan fingerprint density at radius 2 is 0.446 bits per heavy atom. The Bertz CT molecular complexity index is 6770. The maximum Gasteiger partial charge on any atom is 0.136 e. The molecule has 0 aliphatic rings. The first-order chi connectivity index (χ1) is 50.1. The van der Waals surface area contributed by atoms with Crippen LogP contribution in [0.25, 0.3) is 209 Å². The molecule has 0 saturated carbocycles. The van der Waals surface area contributed by atoms with Gasteiger partial charge in [0.05, 0.1) is 0 Å². The zero-order valence-electron chi connectivity index (χ0n) is 54.9. The van der Waals surface area contributed by atoms with Crippen molar-refractivity contribution in [2.75, 3.05) is 0 Å². The van der Waals surface area contributed by atoms with Crippen LogP contribution in [0.15, 0.2) is 377 Å². The fourth-order valence-corrected chi connectivity index (χ4v) is 16.3. The van der Waals surface area contributed by atoms with Crippen LogP contribution < -0.4 is 0 Å². The van der Waals surface area contributed by atoms with Crippen LogP contribution in [0.4, 0.5) is 0 Å². The van der Waals surface area contributed by atoms with Crippen LogP contribution in [0.5, 0.6) is 0 Å². The van der Waals surface area contributed by atoms with Crippen LogP contribution in [0.3, 0.4) is 0 Å². The lowest BCUT2D eigenvalue weighted by molar-refractivity contribution is 0.668. The summed E-state index contributed by atoms with van der Waals surface area (Å²) in [6, 6.07) is 131. The third-order valence-corrected chi connectivity index (χ3v) is 20.7. The molecule has 470 valence electrons. The van der Waals surface area contributed by atoms with Crippen molar-refractivity contribution in [3.63, 3.8) is 0 Å². The van der Waals surface area contributed by atoms with Gasteiger partial charge < -0.3 is 13.3 Å². The van der Waals surface area contributed by atoms with Crippen LogP contribution in [0.2, 0.25) is 0 Å². The van der Waals surface area contributed by atoms with Gasteiger partial charge in [0, 0.05) is 43.4 Å². The second-order valence-electron chi connectivity index (χ2n) is 26.4. The molecule has 0 aliphatic carbocycles. The van der Waals surface area contributed by atoms with Crippen molar-refractivity contribution in [2.45, 2.75) is 0 Å². The molecule has 3 aromatic heterocycles. The highest BCUT2D eigenvalue weighted by molar-refractivity contribution is 6.24. The summed E-state index contributed by atoms with van der Waals surface area (Å²) in [6.45, 7) is 0. The lowest BCUT2D eigenvalue weighted by Gasteiger charge is -2.19. The Balaban J connectivity index is 0.000000136. The molecule has 0 radical (unpaired) electrons. The van der Waals surface area contributed by atoms with Crippen LogP contribution in [0, 0.1) is 0 Å². The summed E-state index contributed by atoms with van der Waals surface area (Å²) >= 11 is 0. The monoisotopic (exact) mass is 1280 g/mol. The van der Waals surface area contributed by atoms with E-state index >= 15 is 0 Å². The summed E-state index contributed by atoms with van der Waals surface area (Å²) < 4.78 is 19.3. The van der Waals surface area contributed by atoms with Gasteiger partial charge in [-0.05, 0) is 192 Å². The Kier molecular flexibility index (Phi) is 13.6. The molecule has 101 heavy (non-hydrogen) atoms. The molecular formula is C98H60O3. The molecule has 3 nitrogen and oxygen atoms in total. The summed E-state index contributed by atoms with van der Waals surface area (Å²) in [4.78, 5) is 0. The van der Waals surface area contributed by atoms with E-state index in [4.69, 9.17) is 13.3 Å². The maximum absolute atomic E-state index is 6.45. The van der Waals surface area contributed by atoms with Crippen molar-refractivity contribution in [2.24, 2.45) is 0 Å². The zero-order valence-corrected chi connectivity index (χ0v) is 54.9. The summed E-state index contributed by atoms with van der Waals surface area (Å²) in [7, 11) is 0. The van der Waals surface area contributed by atoms with Gasteiger partial charge in [0.25, 0.3) is 0 Å². The van der Waals surface area contributed by atoms with Crippen molar-refractivity contribution in [3.8, 4) is 89.0 Å². The molecule has 0 aliphatic heterocycles. The average molecular weight is 1290 g/mol. The third kappa shape index (κ3) is 9.58. The SMILES string of the molecule is c1ccc(-c2c3ccccc3c(-c3cccc(-c4ccc5oc6ccccc6c5c4-c4ccc5c(c4)oc4ccccc45)c3)c3ccccc23)cc1.c1ccc(-c2c3ccccc3c(-c3cccc(-c4ccc5oc6ccccc6c5c4-c4ccc5ccccc5c4)c3)c3ccccc23)cc1. The van der Waals surface area contributed by atoms with Crippen LogP contribution in [-0.4, -0.2) is 0 Å². The van der Waals surface area contributed by atoms with Gasteiger partial charge in [-0.25, -0.2) is 0 Å². The number of furan rings is 3. The Morgan fingerprint density at radius 1 is 0.139 bits per heavy atom. The highest BCUT2D eigenvalue weighted by Gasteiger charge is 2.24. The van der Waals surface area contributed by atoms with E-state index < -0.39 is 0 Å². The Morgan fingerprint density at radius 3 is 0.901 bits per heavy atom. The van der Waals surface area contributed by atoms with Crippen molar-refractivity contribution in [1.82, 2.24) is 0 Å². The van der Waals surface area contributed by atoms with E-state index in [1.165, 1.54) is 121 Å². The second kappa shape index (κ2) is 23.7. The molecule has 0 fully saturated rings. The second-order valence-corrected chi connectivity index (χ2v) is 26.4. The van der Waals surface area contributed by atoms with Gasteiger partial charge in [0.2, 0.25) is 0 Å². The minimum Gasteiger partial charge on any atom is -0.456 e. The minimum absolute atomic E-state index is 0.870. The standard InChI is InChI=1S/C50H30O2.C48H30O/c1-2-13-31(14-3-1)47-38-18-4-6-20-40(38)48(41-21-7-5-19-39(41)47)33-16-12-15-32(29-33)35-27-28-45-50(42-22-9-11-24-44(42)51-45)49(35)34-25-26-37-36-17-8-10-23-43(36)52-46(37)30-34;1-2-14-32(15-3-1)45-38-19-6-8-21-40(38)46(41-22-9-7-20-39(41)45)35-18-12-17-34(30-35)37-27-28-44-48(42-23-10-11-24-43(42)49-44)47(37)36-26-25-31-13-4-5-16-33(31)29-36/h1-30H;1-30H. The molecule has 0 N–H and O–H groups in total. The fourth-order valence-electron chi connectivity index (χ4n) is 16.3. The van der Waals surface area contributed by atoms with Crippen LogP contribution in [-0.2, 0) is 0 Å². The quantitative estimate of drug-likeness (QED) is 0.142. The molecule has 0 bridgehead atoms. The summed E-state index contributed by atoms with van der Waals surface area (Å²) in [5.41, 5.74) is 24.5. The van der Waals surface area contributed by atoms with Crippen LogP contribution in [0.1, 0.15) is 0 Å². The molecule has 0 unspecified atom stereocenters. The van der Waals surface area contributed by atoms with Gasteiger partial charge in [-0.3, -0.25) is 0 Å². The smallest absolute Gasteiger partial charge is 0.136 e. The van der Waals surface area contributed by atoms with Gasteiger partial charge in [0.15, 0.2) is 0 Å². The number of hydrogen-bond acceptors (Lipinski definition) is 3. The minimum atomic E-state index is 0.870. The van der Waals surface area contributed by atoms with E-state index in [0.29, 0.717) is 0 Å². The third-order valence-electron chi connectivity index (χ3n) is 20.7. The molecule has 3 heterocycles. The fraction of sp³-hybridized carbons (Fsp3) is 0. The highest BCUT2D eigenvalue weighted by atomic mass is 16.3. The van der Waals surface area contributed by atoms with E-state index in [-0.39, 0.29) is 0 Å². The largest absolute Gasteiger partial charge is 0.456 e. The molecule has 21 rings (SSSR count).